The van der Waals surface area contributed by atoms with Crippen LogP contribution < -0.4 is 10.2 Å². The summed E-state index contributed by atoms with van der Waals surface area (Å²) in [4.78, 5) is 16.2. The third kappa shape index (κ3) is 3.41. The average Bonchev–Trinajstić information content (AvgIpc) is 3.19. The van der Waals surface area contributed by atoms with Gasteiger partial charge in [0.2, 0.25) is 0 Å². The van der Waals surface area contributed by atoms with E-state index in [-0.39, 0.29) is 30.1 Å². The van der Waals surface area contributed by atoms with Crippen molar-refractivity contribution >= 4 is 29.0 Å². The molecule has 0 saturated carbocycles. The molecule has 1 fully saturated rings. The van der Waals surface area contributed by atoms with Crippen LogP contribution >= 0.6 is 11.6 Å². The van der Waals surface area contributed by atoms with E-state index in [0.717, 1.165) is 5.69 Å². The normalized spacial score (nSPS) is 24.4. The molecule has 3 N–H and O–H groups in total. The second-order valence-electron chi connectivity index (χ2n) is 7.22. The number of amides is 2. The van der Waals surface area contributed by atoms with E-state index in [9.17, 15) is 19.4 Å². The smallest absolute Gasteiger partial charge is 0.322 e. The molecule has 0 bridgehead atoms. The number of aliphatic hydroxyl groups excluding tert-OH is 2. The molecule has 150 valence electrons. The van der Waals surface area contributed by atoms with E-state index >= 15 is 0 Å². The van der Waals surface area contributed by atoms with Crippen molar-refractivity contribution in [2.24, 2.45) is 0 Å². The maximum absolute atomic E-state index is 13.3. The summed E-state index contributed by atoms with van der Waals surface area (Å²) in [7, 11) is 0. The van der Waals surface area contributed by atoms with Gasteiger partial charge in [-0.2, -0.15) is 5.10 Å². The molecule has 2 aliphatic heterocycles. The largest absolute Gasteiger partial charge is 0.391 e. The number of nitrogens with zero attached hydrogens (tertiary/aromatic N) is 4. The van der Waals surface area contributed by atoms with Gasteiger partial charge < -0.3 is 25.3 Å². The predicted octanol–water partition coefficient (Wildman–Crippen LogP) is 2.00. The monoisotopic (exact) mass is 409 g/mol. The Morgan fingerprint density at radius 2 is 2.14 bits per heavy atom. The number of halogens is 2. The topological polar surface area (TPSA) is 93.9 Å². The van der Waals surface area contributed by atoms with Crippen molar-refractivity contribution in [3.8, 4) is 0 Å². The zero-order valence-corrected chi connectivity index (χ0v) is 16.0. The second kappa shape index (κ2) is 7.23. The van der Waals surface area contributed by atoms with E-state index in [0.29, 0.717) is 24.5 Å². The number of β-amino-alcohol motifs (C(OH)–C–C–N with tert-alkyl or cyclic N) is 1. The van der Waals surface area contributed by atoms with Gasteiger partial charge in [0.1, 0.15) is 12.0 Å². The summed E-state index contributed by atoms with van der Waals surface area (Å²) in [6, 6.07) is 3.55. The average molecular weight is 410 g/mol. The van der Waals surface area contributed by atoms with Crippen LogP contribution in [0.1, 0.15) is 19.0 Å². The molecule has 1 aromatic carbocycles. The summed E-state index contributed by atoms with van der Waals surface area (Å²) in [6.45, 7) is 3.02. The molecule has 8 nitrogen and oxygen atoms in total. The highest BCUT2D eigenvalue weighted by atomic mass is 35.5. The van der Waals surface area contributed by atoms with Gasteiger partial charge in [0, 0.05) is 18.7 Å². The molecule has 4 rings (SSSR count). The lowest BCUT2D eigenvalue weighted by Gasteiger charge is -2.35. The quantitative estimate of drug-likeness (QED) is 0.705. The first-order valence-corrected chi connectivity index (χ1v) is 9.41. The summed E-state index contributed by atoms with van der Waals surface area (Å²) >= 11 is 5.78. The first kappa shape index (κ1) is 19.0. The van der Waals surface area contributed by atoms with Gasteiger partial charge in [-0.25, -0.2) is 9.18 Å². The van der Waals surface area contributed by atoms with Gasteiger partial charge in [0.15, 0.2) is 0 Å². The molecule has 10 heteroatoms. The van der Waals surface area contributed by atoms with Crippen LogP contribution in [0.2, 0.25) is 5.02 Å². The highest BCUT2D eigenvalue weighted by molar-refractivity contribution is 6.31. The Balaban J connectivity index is 1.54. The fourth-order valence-electron chi connectivity index (χ4n) is 3.72. The van der Waals surface area contributed by atoms with Crippen LogP contribution in [0.5, 0.6) is 0 Å². The number of carbonyl (C=O) groups is 1. The Hall–Kier alpha value is -2.36. The Kier molecular flexibility index (Phi) is 4.90. The lowest BCUT2D eigenvalue weighted by molar-refractivity contribution is 0.139. The number of benzene rings is 1. The number of rotatable bonds is 2. The fourth-order valence-corrected chi connectivity index (χ4v) is 3.90. The third-order valence-corrected chi connectivity index (χ3v) is 5.50. The van der Waals surface area contributed by atoms with E-state index < -0.39 is 18.1 Å². The number of anilines is 2. The SMILES string of the molecule is C[C@H]1Cn2ncc(N3CC(O)CC3O)c2CN1C(=O)Nc1ccc(F)c(Cl)c1. The Bertz CT molecular complexity index is 907. The Labute approximate surface area is 166 Å². The number of carbonyl (C=O) groups excluding carboxylic acids is 1. The molecule has 1 saturated heterocycles. The molecule has 3 heterocycles. The molecule has 0 radical (unpaired) electrons. The van der Waals surface area contributed by atoms with Crippen molar-refractivity contribution in [3.63, 3.8) is 0 Å². The van der Waals surface area contributed by atoms with Crippen LogP contribution in [-0.4, -0.2) is 55.8 Å². The predicted molar refractivity (Wildman–Crippen MR) is 102 cm³/mol. The van der Waals surface area contributed by atoms with Crippen molar-refractivity contribution in [2.75, 3.05) is 16.8 Å². The second-order valence-corrected chi connectivity index (χ2v) is 7.62. The molecule has 2 aromatic rings. The minimum atomic E-state index is -0.785. The van der Waals surface area contributed by atoms with Gasteiger partial charge in [-0.15, -0.1) is 0 Å². The maximum atomic E-state index is 13.3. The Morgan fingerprint density at radius 1 is 1.36 bits per heavy atom. The number of urea groups is 1. The van der Waals surface area contributed by atoms with Crippen LogP contribution in [0.3, 0.4) is 0 Å². The number of hydrogen-bond acceptors (Lipinski definition) is 5. The first-order valence-electron chi connectivity index (χ1n) is 9.03. The first-order chi connectivity index (χ1) is 13.3. The van der Waals surface area contributed by atoms with Crippen LogP contribution in [0.15, 0.2) is 24.4 Å². The standard InChI is InChI=1S/C18H21ClFN5O3/c1-10-7-25-16(15(6-21-25)24-8-12(26)5-17(24)27)9-23(10)18(28)22-11-2-3-14(20)13(19)4-11/h2-4,6,10,12,17,26-27H,5,7-9H2,1H3,(H,22,28)/t10-,12?,17?/m0/s1. The summed E-state index contributed by atoms with van der Waals surface area (Å²) < 4.78 is 15.1. The van der Waals surface area contributed by atoms with Crippen molar-refractivity contribution in [3.05, 3.63) is 40.9 Å². The van der Waals surface area contributed by atoms with Crippen molar-refractivity contribution in [1.82, 2.24) is 14.7 Å². The zero-order valence-electron chi connectivity index (χ0n) is 15.2. The van der Waals surface area contributed by atoms with Gasteiger partial charge in [-0.1, -0.05) is 11.6 Å². The number of aromatic nitrogens is 2. The van der Waals surface area contributed by atoms with Crippen LogP contribution in [0.25, 0.3) is 0 Å². The van der Waals surface area contributed by atoms with Crippen molar-refractivity contribution in [1.29, 1.82) is 0 Å². The lowest BCUT2D eigenvalue weighted by Crippen LogP contribution is -2.47. The molecule has 1 aromatic heterocycles. The van der Waals surface area contributed by atoms with E-state index in [4.69, 9.17) is 11.6 Å². The molecule has 0 spiro atoms. The van der Waals surface area contributed by atoms with E-state index in [2.05, 4.69) is 10.4 Å². The third-order valence-electron chi connectivity index (χ3n) is 5.21. The zero-order chi connectivity index (χ0) is 20.0. The van der Waals surface area contributed by atoms with Gasteiger partial charge in [-0.3, -0.25) is 4.68 Å². The van der Waals surface area contributed by atoms with Gasteiger partial charge >= 0.3 is 6.03 Å². The number of nitrogens with one attached hydrogen (secondary N) is 1. The fraction of sp³-hybridized carbons (Fsp3) is 0.444. The number of aliphatic hydroxyl groups is 2. The highest BCUT2D eigenvalue weighted by Gasteiger charge is 2.35. The van der Waals surface area contributed by atoms with Crippen LogP contribution in [0.4, 0.5) is 20.6 Å². The minimum absolute atomic E-state index is 0.0635. The highest BCUT2D eigenvalue weighted by Crippen LogP contribution is 2.32. The molecule has 2 aliphatic rings. The van der Waals surface area contributed by atoms with E-state index in [1.807, 2.05) is 11.6 Å². The van der Waals surface area contributed by atoms with Gasteiger partial charge in [-0.05, 0) is 25.1 Å². The maximum Gasteiger partial charge on any atom is 0.322 e. The van der Waals surface area contributed by atoms with Gasteiger partial charge in [0.25, 0.3) is 0 Å². The number of fused-ring (bicyclic) bond motifs is 1. The summed E-state index contributed by atoms with van der Waals surface area (Å²) in [5.74, 6) is -0.550. The molecule has 2 unspecified atom stereocenters. The van der Waals surface area contributed by atoms with Crippen LogP contribution in [0, 0.1) is 5.82 Å². The van der Waals surface area contributed by atoms with Gasteiger partial charge in [0.05, 0.1) is 47.8 Å². The molecule has 28 heavy (non-hydrogen) atoms. The summed E-state index contributed by atoms with van der Waals surface area (Å²) in [5.41, 5.74) is 1.90. The number of hydrogen-bond donors (Lipinski definition) is 3. The van der Waals surface area contributed by atoms with E-state index in [1.54, 1.807) is 16.0 Å². The Morgan fingerprint density at radius 3 is 2.82 bits per heavy atom. The molecule has 3 atom stereocenters. The summed E-state index contributed by atoms with van der Waals surface area (Å²) in [6.07, 6.45) is 0.545. The van der Waals surface area contributed by atoms with Crippen molar-refractivity contribution < 1.29 is 19.4 Å². The molecular weight excluding hydrogens is 389 g/mol. The minimum Gasteiger partial charge on any atom is -0.391 e. The molecular formula is C18H21ClFN5O3. The lowest BCUT2D eigenvalue weighted by atomic mass is 10.2. The van der Waals surface area contributed by atoms with Crippen LogP contribution in [-0.2, 0) is 13.1 Å². The molecule has 2 amide bonds. The van der Waals surface area contributed by atoms with E-state index in [1.165, 1.54) is 18.2 Å². The van der Waals surface area contributed by atoms with Crippen molar-refractivity contribution in [2.45, 2.75) is 44.8 Å². The summed E-state index contributed by atoms with van der Waals surface area (Å²) in [5, 5.41) is 27.1. The molecule has 0 aliphatic carbocycles.